The van der Waals surface area contributed by atoms with Gasteiger partial charge in [-0.3, -0.25) is 4.79 Å². The van der Waals surface area contributed by atoms with Gasteiger partial charge in [-0.15, -0.1) is 0 Å². The molecular formula is C18H14Cl2N2O2. The standard InChI is InChI=1S/C18H14Cl2N2O2/c1-11-2-4-12(5-3-11)17-9-14(22-24-17)10-18(23)21-13-6-7-15(19)16(20)8-13/h2-9H,10H2,1H3,(H,21,23). The molecule has 4 nitrogen and oxygen atoms in total. The molecule has 0 bridgehead atoms. The Hall–Kier alpha value is -2.30. The number of rotatable bonds is 4. The predicted octanol–water partition coefficient (Wildman–Crippen LogP) is 5.14. The fourth-order valence-electron chi connectivity index (χ4n) is 2.19. The molecule has 0 spiro atoms. The number of benzene rings is 2. The summed E-state index contributed by atoms with van der Waals surface area (Å²) in [5.74, 6) is 0.421. The zero-order valence-electron chi connectivity index (χ0n) is 12.8. The highest BCUT2D eigenvalue weighted by Crippen LogP contribution is 2.25. The number of nitrogens with zero attached hydrogens (tertiary/aromatic N) is 1. The number of aryl methyl sites for hydroxylation is 1. The summed E-state index contributed by atoms with van der Waals surface area (Å²) >= 11 is 11.8. The number of carbonyl (C=O) groups is 1. The van der Waals surface area contributed by atoms with Gasteiger partial charge in [-0.1, -0.05) is 58.2 Å². The Morgan fingerprint density at radius 3 is 2.54 bits per heavy atom. The first-order valence-corrected chi connectivity index (χ1v) is 8.04. The summed E-state index contributed by atoms with van der Waals surface area (Å²) in [4.78, 5) is 12.1. The van der Waals surface area contributed by atoms with E-state index < -0.39 is 0 Å². The van der Waals surface area contributed by atoms with E-state index in [1.807, 2.05) is 31.2 Å². The van der Waals surface area contributed by atoms with E-state index in [2.05, 4.69) is 10.5 Å². The summed E-state index contributed by atoms with van der Waals surface area (Å²) in [5.41, 5.74) is 3.23. The maximum atomic E-state index is 12.1. The molecule has 0 atom stereocenters. The molecule has 122 valence electrons. The van der Waals surface area contributed by atoms with Gasteiger partial charge in [-0.05, 0) is 25.1 Å². The third kappa shape index (κ3) is 3.96. The zero-order valence-corrected chi connectivity index (χ0v) is 14.4. The molecule has 0 aliphatic rings. The van der Waals surface area contributed by atoms with Crippen molar-refractivity contribution in [2.75, 3.05) is 5.32 Å². The number of hydrogen-bond donors (Lipinski definition) is 1. The smallest absolute Gasteiger partial charge is 0.230 e. The van der Waals surface area contributed by atoms with Crippen molar-refractivity contribution in [2.45, 2.75) is 13.3 Å². The second kappa shape index (κ2) is 7.07. The maximum Gasteiger partial charge on any atom is 0.230 e. The second-order valence-corrected chi connectivity index (χ2v) is 6.22. The third-order valence-corrected chi connectivity index (χ3v) is 4.18. The molecule has 0 aliphatic heterocycles. The second-order valence-electron chi connectivity index (χ2n) is 5.40. The maximum absolute atomic E-state index is 12.1. The van der Waals surface area contributed by atoms with Gasteiger partial charge in [-0.25, -0.2) is 0 Å². The van der Waals surface area contributed by atoms with Crippen LogP contribution >= 0.6 is 23.2 Å². The van der Waals surface area contributed by atoms with E-state index in [1.165, 1.54) is 5.56 Å². The highest BCUT2D eigenvalue weighted by molar-refractivity contribution is 6.42. The van der Waals surface area contributed by atoms with Crippen LogP contribution in [-0.4, -0.2) is 11.1 Å². The minimum atomic E-state index is -0.211. The summed E-state index contributed by atoms with van der Waals surface area (Å²) in [6.45, 7) is 2.02. The van der Waals surface area contributed by atoms with Gasteiger partial charge in [0, 0.05) is 17.3 Å². The minimum absolute atomic E-state index is 0.107. The van der Waals surface area contributed by atoms with Crippen molar-refractivity contribution >= 4 is 34.8 Å². The normalized spacial score (nSPS) is 10.6. The molecule has 1 N–H and O–H groups in total. The molecule has 0 aliphatic carbocycles. The van der Waals surface area contributed by atoms with E-state index in [0.717, 1.165) is 5.56 Å². The lowest BCUT2D eigenvalue weighted by Gasteiger charge is -2.04. The van der Waals surface area contributed by atoms with Crippen LogP contribution in [0, 0.1) is 6.92 Å². The van der Waals surface area contributed by atoms with E-state index in [9.17, 15) is 4.79 Å². The first-order valence-electron chi connectivity index (χ1n) is 7.29. The molecule has 1 aromatic heterocycles. The molecule has 3 aromatic rings. The Kier molecular flexibility index (Phi) is 4.88. The SMILES string of the molecule is Cc1ccc(-c2cc(CC(=O)Nc3ccc(Cl)c(Cl)c3)no2)cc1. The average Bonchev–Trinajstić information content (AvgIpc) is 3.00. The Morgan fingerprint density at radius 2 is 1.83 bits per heavy atom. The molecule has 0 radical (unpaired) electrons. The highest BCUT2D eigenvalue weighted by atomic mass is 35.5. The summed E-state index contributed by atoms with van der Waals surface area (Å²) in [5, 5.41) is 7.52. The third-order valence-electron chi connectivity index (χ3n) is 3.44. The molecule has 3 rings (SSSR count). The largest absolute Gasteiger partial charge is 0.356 e. The lowest BCUT2D eigenvalue weighted by Crippen LogP contribution is -2.14. The van der Waals surface area contributed by atoms with Crippen molar-refractivity contribution in [2.24, 2.45) is 0 Å². The van der Waals surface area contributed by atoms with Crippen molar-refractivity contribution in [3.05, 3.63) is 69.8 Å². The monoisotopic (exact) mass is 360 g/mol. The fraction of sp³-hybridized carbons (Fsp3) is 0.111. The molecule has 6 heteroatoms. The number of nitrogens with one attached hydrogen (secondary N) is 1. The zero-order chi connectivity index (χ0) is 17.1. The van der Waals surface area contributed by atoms with E-state index in [4.69, 9.17) is 27.7 Å². The van der Waals surface area contributed by atoms with Gasteiger partial charge in [0.1, 0.15) is 0 Å². The average molecular weight is 361 g/mol. The number of halogens is 2. The highest BCUT2D eigenvalue weighted by Gasteiger charge is 2.11. The topological polar surface area (TPSA) is 55.1 Å². The Bertz CT molecular complexity index is 873. The lowest BCUT2D eigenvalue weighted by molar-refractivity contribution is -0.115. The van der Waals surface area contributed by atoms with Crippen LogP contribution in [0.2, 0.25) is 10.0 Å². The first kappa shape index (κ1) is 16.6. The van der Waals surface area contributed by atoms with Crippen molar-refractivity contribution < 1.29 is 9.32 Å². The van der Waals surface area contributed by atoms with E-state index in [1.54, 1.807) is 24.3 Å². The Labute approximate surface area is 149 Å². The van der Waals surface area contributed by atoms with Crippen LogP contribution in [0.4, 0.5) is 5.69 Å². The van der Waals surface area contributed by atoms with Gasteiger partial charge in [0.2, 0.25) is 5.91 Å². The number of aromatic nitrogens is 1. The van der Waals surface area contributed by atoms with Crippen LogP contribution in [0.25, 0.3) is 11.3 Å². The van der Waals surface area contributed by atoms with Gasteiger partial charge in [-0.2, -0.15) is 0 Å². The van der Waals surface area contributed by atoms with Crippen molar-refractivity contribution in [3.8, 4) is 11.3 Å². The van der Waals surface area contributed by atoms with Gasteiger partial charge in [0.05, 0.1) is 22.2 Å². The molecule has 0 saturated heterocycles. The molecule has 0 saturated carbocycles. The molecule has 1 heterocycles. The van der Waals surface area contributed by atoms with Gasteiger partial charge in [0.25, 0.3) is 0 Å². The quantitative estimate of drug-likeness (QED) is 0.700. The number of hydrogen-bond acceptors (Lipinski definition) is 3. The minimum Gasteiger partial charge on any atom is -0.356 e. The van der Waals surface area contributed by atoms with Crippen molar-refractivity contribution in [1.82, 2.24) is 5.16 Å². The van der Waals surface area contributed by atoms with E-state index in [-0.39, 0.29) is 12.3 Å². The molecule has 0 fully saturated rings. The summed E-state index contributed by atoms with van der Waals surface area (Å²) < 4.78 is 5.31. The molecule has 0 unspecified atom stereocenters. The summed E-state index contributed by atoms with van der Waals surface area (Å²) in [6, 6.07) is 14.6. The van der Waals surface area contributed by atoms with E-state index in [0.29, 0.717) is 27.2 Å². The summed E-state index contributed by atoms with van der Waals surface area (Å²) in [6.07, 6.45) is 0.107. The number of anilines is 1. The van der Waals surface area contributed by atoms with Crippen LogP contribution in [0.3, 0.4) is 0 Å². The Balaban J connectivity index is 1.66. The predicted molar refractivity (Wildman–Crippen MR) is 95.5 cm³/mol. The molecule has 24 heavy (non-hydrogen) atoms. The van der Waals surface area contributed by atoms with Crippen LogP contribution in [0.15, 0.2) is 53.1 Å². The van der Waals surface area contributed by atoms with Crippen LogP contribution in [0.1, 0.15) is 11.3 Å². The van der Waals surface area contributed by atoms with Gasteiger partial charge >= 0.3 is 0 Å². The number of carbonyl (C=O) groups excluding carboxylic acids is 1. The summed E-state index contributed by atoms with van der Waals surface area (Å²) in [7, 11) is 0. The van der Waals surface area contributed by atoms with Crippen LogP contribution < -0.4 is 5.32 Å². The number of amides is 1. The molecular weight excluding hydrogens is 347 g/mol. The van der Waals surface area contributed by atoms with Gasteiger partial charge in [0.15, 0.2) is 5.76 Å². The molecule has 2 aromatic carbocycles. The van der Waals surface area contributed by atoms with Crippen LogP contribution in [0.5, 0.6) is 0 Å². The fourth-order valence-corrected chi connectivity index (χ4v) is 2.49. The van der Waals surface area contributed by atoms with Crippen molar-refractivity contribution in [1.29, 1.82) is 0 Å². The lowest BCUT2D eigenvalue weighted by atomic mass is 10.1. The van der Waals surface area contributed by atoms with Crippen LogP contribution in [-0.2, 0) is 11.2 Å². The Morgan fingerprint density at radius 1 is 1.08 bits per heavy atom. The van der Waals surface area contributed by atoms with Crippen molar-refractivity contribution in [3.63, 3.8) is 0 Å². The van der Waals surface area contributed by atoms with E-state index >= 15 is 0 Å². The van der Waals surface area contributed by atoms with Gasteiger partial charge < -0.3 is 9.84 Å². The molecule has 1 amide bonds. The first-order chi connectivity index (χ1) is 11.5.